The maximum Gasteiger partial charge on any atom is 0.243 e. The molecule has 0 radical (unpaired) electrons. The van der Waals surface area contributed by atoms with Crippen molar-refractivity contribution in [3.05, 3.63) is 81.4 Å². The lowest BCUT2D eigenvalue weighted by Gasteiger charge is -2.22. The summed E-state index contributed by atoms with van der Waals surface area (Å²) in [4.78, 5) is 11.1. The van der Waals surface area contributed by atoms with Crippen molar-refractivity contribution in [3.8, 4) is 0 Å². The van der Waals surface area contributed by atoms with Gasteiger partial charge in [0.2, 0.25) is 16.6 Å². The molecule has 2 aromatic carbocycles. The molecular weight excluding hydrogens is 444 g/mol. The van der Waals surface area contributed by atoms with Crippen molar-refractivity contribution < 1.29 is 13.3 Å². The van der Waals surface area contributed by atoms with Gasteiger partial charge < -0.3 is 0 Å². The standard InChI is InChI=1S/C20H21BrN2O4S/c1-15-8-10-17(11-9-15)28(26,27)22-12-18(20(2,13-22)14-23(24)25)19(21)16-6-4-3-5-7-16/h3-11H,12-14H2,1-2H3/b19-18+/t20-/m1/s1. The van der Waals surface area contributed by atoms with E-state index >= 15 is 0 Å². The Bertz CT molecular complexity index is 1020. The molecular formula is C20H21BrN2O4S. The molecule has 1 fully saturated rings. The fraction of sp³-hybridized carbons (Fsp3) is 0.300. The van der Waals surface area contributed by atoms with E-state index in [0.717, 1.165) is 11.1 Å². The minimum atomic E-state index is -3.76. The maximum absolute atomic E-state index is 13.1. The largest absolute Gasteiger partial charge is 0.265 e. The molecule has 148 valence electrons. The van der Waals surface area contributed by atoms with Gasteiger partial charge in [-0.3, -0.25) is 10.1 Å². The summed E-state index contributed by atoms with van der Waals surface area (Å²) in [5, 5.41) is 11.3. The quantitative estimate of drug-likeness (QED) is 0.492. The van der Waals surface area contributed by atoms with Crippen LogP contribution in [0, 0.1) is 22.5 Å². The van der Waals surface area contributed by atoms with Gasteiger partial charge in [-0.15, -0.1) is 0 Å². The lowest BCUT2D eigenvalue weighted by molar-refractivity contribution is -0.493. The van der Waals surface area contributed by atoms with Gasteiger partial charge >= 0.3 is 0 Å². The van der Waals surface area contributed by atoms with Crippen LogP contribution in [-0.2, 0) is 10.0 Å². The van der Waals surface area contributed by atoms with E-state index < -0.39 is 15.4 Å². The van der Waals surface area contributed by atoms with E-state index in [1.807, 2.05) is 37.3 Å². The third kappa shape index (κ3) is 4.04. The Balaban J connectivity index is 2.06. The number of sulfonamides is 1. The molecule has 1 aliphatic rings. The molecule has 1 atom stereocenters. The van der Waals surface area contributed by atoms with Crippen LogP contribution < -0.4 is 0 Å². The molecule has 0 aliphatic carbocycles. The monoisotopic (exact) mass is 464 g/mol. The number of aryl methyl sites for hydroxylation is 1. The zero-order valence-corrected chi connectivity index (χ0v) is 18.0. The van der Waals surface area contributed by atoms with Gasteiger partial charge in [-0.2, -0.15) is 4.31 Å². The summed E-state index contributed by atoms with van der Waals surface area (Å²) in [5.74, 6) is 0. The zero-order chi connectivity index (χ0) is 20.5. The van der Waals surface area contributed by atoms with Gasteiger partial charge in [0.05, 0.1) is 10.3 Å². The van der Waals surface area contributed by atoms with Crippen molar-refractivity contribution in [2.45, 2.75) is 18.7 Å². The van der Waals surface area contributed by atoms with E-state index in [4.69, 9.17) is 0 Å². The number of nitro groups is 1. The average Bonchev–Trinajstić information content (AvgIpc) is 2.99. The molecule has 0 saturated carbocycles. The Labute approximate surface area is 173 Å². The number of rotatable bonds is 5. The van der Waals surface area contributed by atoms with Crippen LogP contribution in [0.3, 0.4) is 0 Å². The first-order valence-electron chi connectivity index (χ1n) is 8.77. The van der Waals surface area contributed by atoms with Gasteiger partial charge in [-0.1, -0.05) is 64.0 Å². The van der Waals surface area contributed by atoms with Crippen LogP contribution in [0.25, 0.3) is 4.48 Å². The molecule has 3 rings (SSSR count). The van der Waals surface area contributed by atoms with E-state index in [1.165, 1.54) is 4.31 Å². The predicted octanol–water partition coefficient (Wildman–Crippen LogP) is 4.09. The fourth-order valence-electron chi connectivity index (χ4n) is 3.46. The summed E-state index contributed by atoms with van der Waals surface area (Å²) >= 11 is 3.57. The van der Waals surface area contributed by atoms with Crippen LogP contribution in [0.15, 0.2) is 65.1 Å². The number of hydrogen-bond acceptors (Lipinski definition) is 4. The molecule has 1 saturated heterocycles. The van der Waals surface area contributed by atoms with Crippen LogP contribution in [0.2, 0.25) is 0 Å². The second kappa shape index (κ2) is 7.77. The zero-order valence-electron chi connectivity index (χ0n) is 15.6. The van der Waals surface area contributed by atoms with Crippen molar-refractivity contribution in [3.63, 3.8) is 0 Å². The summed E-state index contributed by atoms with van der Waals surface area (Å²) in [5.41, 5.74) is 1.63. The highest BCUT2D eigenvalue weighted by Gasteiger charge is 2.48. The third-order valence-corrected chi connectivity index (χ3v) is 7.76. The Morgan fingerprint density at radius 3 is 2.36 bits per heavy atom. The molecule has 1 aliphatic heterocycles. The molecule has 0 N–H and O–H groups in total. The highest BCUT2D eigenvalue weighted by Crippen LogP contribution is 2.44. The van der Waals surface area contributed by atoms with Crippen molar-refractivity contribution >= 4 is 30.4 Å². The molecule has 2 aromatic rings. The van der Waals surface area contributed by atoms with Gasteiger partial charge in [0.25, 0.3) is 0 Å². The molecule has 28 heavy (non-hydrogen) atoms. The van der Waals surface area contributed by atoms with Crippen LogP contribution >= 0.6 is 15.9 Å². The Kier molecular flexibility index (Phi) is 5.74. The van der Waals surface area contributed by atoms with E-state index in [9.17, 15) is 18.5 Å². The smallest absolute Gasteiger partial charge is 0.243 e. The first-order valence-corrected chi connectivity index (χ1v) is 11.0. The Hall–Kier alpha value is -2.03. The number of hydrogen-bond donors (Lipinski definition) is 0. The fourth-order valence-corrected chi connectivity index (χ4v) is 5.86. The van der Waals surface area contributed by atoms with Gasteiger partial charge in [0.15, 0.2) is 0 Å². The van der Waals surface area contributed by atoms with Gasteiger partial charge in [0, 0.05) is 22.5 Å². The molecule has 6 nitrogen and oxygen atoms in total. The molecule has 0 amide bonds. The predicted molar refractivity (Wildman–Crippen MR) is 112 cm³/mol. The summed E-state index contributed by atoms with van der Waals surface area (Å²) in [7, 11) is -3.76. The van der Waals surface area contributed by atoms with Gasteiger partial charge in [-0.25, -0.2) is 8.42 Å². The van der Waals surface area contributed by atoms with Crippen molar-refractivity contribution in [2.24, 2.45) is 5.41 Å². The Morgan fingerprint density at radius 1 is 1.18 bits per heavy atom. The second-order valence-electron chi connectivity index (χ2n) is 7.30. The summed E-state index contributed by atoms with van der Waals surface area (Å²) in [6.07, 6.45) is 0. The molecule has 0 spiro atoms. The van der Waals surface area contributed by atoms with E-state index in [0.29, 0.717) is 10.1 Å². The lowest BCUT2D eigenvalue weighted by Crippen LogP contribution is -2.34. The van der Waals surface area contributed by atoms with Crippen LogP contribution in [-0.4, -0.2) is 37.3 Å². The SMILES string of the molecule is Cc1ccc(S(=O)(=O)N2C/C(=C(\Br)c3ccccc3)[C@@](C)(C[N+](=O)[O-])C2)cc1. The minimum absolute atomic E-state index is 0.0570. The maximum atomic E-state index is 13.1. The van der Waals surface area contributed by atoms with Crippen molar-refractivity contribution in [1.82, 2.24) is 4.31 Å². The van der Waals surface area contributed by atoms with E-state index in [1.54, 1.807) is 31.2 Å². The summed E-state index contributed by atoms with van der Waals surface area (Å²) in [6, 6.07) is 16.0. The molecule has 0 aromatic heterocycles. The number of nitrogens with zero attached hydrogens (tertiary/aromatic N) is 2. The van der Waals surface area contributed by atoms with Crippen LogP contribution in [0.1, 0.15) is 18.1 Å². The number of benzene rings is 2. The molecule has 8 heteroatoms. The topological polar surface area (TPSA) is 80.5 Å². The first kappa shape index (κ1) is 20.7. The molecule has 0 bridgehead atoms. The highest BCUT2D eigenvalue weighted by atomic mass is 79.9. The highest BCUT2D eigenvalue weighted by molar-refractivity contribution is 9.15. The van der Waals surface area contributed by atoms with Crippen molar-refractivity contribution in [1.29, 1.82) is 0 Å². The normalized spacial score (nSPS) is 22.2. The third-order valence-electron chi connectivity index (χ3n) is 5.02. The second-order valence-corrected chi connectivity index (χ2v) is 10.0. The lowest BCUT2D eigenvalue weighted by atomic mass is 9.84. The first-order chi connectivity index (χ1) is 13.1. The van der Waals surface area contributed by atoms with Crippen LogP contribution in [0.5, 0.6) is 0 Å². The Morgan fingerprint density at radius 2 is 1.79 bits per heavy atom. The summed E-state index contributed by atoms with van der Waals surface area (Å²) in [6.45, 7) is 3.46. The average molecular weight is 465 g/mol. The van der Waals surface area contributed by atoms with Gasteiger partial charge in [-0.05, 0) is 37.1 Å². The van der Waals surface area contributed by atoms with Gasteiger partial charge in [0.1, 0.15) is 0 Å². The summed E-state index contributed by atoms with van der Waals surface area (Å²) < 4.78 is 28.3. The van der Waals surface area contributed by atoms with Crippen LogP contribution in [0.4, 0.5) is 0 Å². The number of halogens is 1. The van der Waals surface area contributed by atoms with E-state index in [-0.39, 0.29) is 29.5 Å². The molecule has 0 unspecified atom stereocenters. The van der Waals surface area contributed by atoms with Crippen molar-refractivity contribution in [2.75, 3.05) is 19.6 Å². The van der Waals surface area contributed by atoms with E-state index in [2.05, 4.69) is 15.9 Å². The molecule has 1 heterocycles. The minimum Gasteiger partial charge on any atom is -0.265 e.